The van der Waals surface area contributed by atoms with Gasteiger partial charge in [0.05, 0.1) is 7.11 Å². The number of nitrogens with one attached hydrogen (secondary N) is 1. The number of nitrogens with zero attached hydrogens (tertiary/aromatic N) is 4. The maximum Gasteiger partial charge on any atom is 0.134 e. The van der Waals surface area contributed by atoms with Crippen molar-refractivity contribution in [2.45, 2.75) is 6.54 Å². The summed E-state index contributed by atoms with van der Waals surface area (Å²) in [5.74, 6) is 2.71. The standard InChI is InChI=1S/C22H25N5O/c1-28-20-9-7-19(8-10-20)26-11-13-27(14-12-26)22-15-21(24-17-25-22)23-16-18-5-3-2-4-6-18/h2-10,15,17H,11-14,16H2,1H3,(H,23,24,25). The molecule has 1 aliphatic rings. The van der Waals surface area contributed by atoms with E-state index in [0.717, 1.165) is 50.1 Å². The third-order valence-electron chi connectivity index (χ3n) is 5.01. The average molecular weight is 375 g/mol. The topological polar surface area (TPSA) is 53.5 Å². The Balaban J connectivity index is 1.35. The van der Waals surface area contributed by atoms with Crippen LogP contribution in [-0.2, 0) is 6.54 Å². The molecule has 2 heterocycles. The van der Waals surface area contributed by atoms with Gasteiger partial charge < -0.3 is 19.9 Å². The maximum atomic E-state index is 5.24. The van der Waals surface area contributed by atoms with Crippen LogP contribution < -0.4 is 19.9 Å². The molecule has 4 rings (SSSR count). The Morgan fingerprint density at radius 3 is 2.32 bits per heavy atom. The summed E-state index contributed by atoms with van der Waals surface area (Å²) < 4.78 is 5.24. The average Bonchev–Trinajstić information content (AvgIpc) is 2.79. The Bertz CT molecular complexity index is 877. The molecular formula is C22H25N5O. The summed E-state index contributed by atoms with van der Waals surface area (Å²) in [6.45, 7) is 4.54. The summed E-state index contributed by atoms with van der Waals surface area (Å²) in [6.07, 6.45) is 1.64. The molecule has 6 heteroatoms. The number of rotatable bonds is 6. The van der Waals surface area contributed by atoms with Crippen LogP contribution in [0.2, 0.25) is 0 Å². The molecule has 0 saturated carbocycles. The fraction of sp³-hybridized carbons (Fsp3) is 0.273. The van der Waals surface area contributed by atoms with Gasteiger partial charge in [0.15, 0.2) is 0 Å². The zero-order chi connectivity index (χ0) is 19.2. The zero-order valence-corrected chi connectivity index (χ0v) is 16.1. The minimum Gasteiger partial charge on any atom is -0.497 e. The van der Waals surface area contributed by atoms with Gasteiger partial charge in [-0.25, -0.2) is 9.97 Å². The Morgan fingerprint density at radius 2 is 1.61 bits per heavy atom. The molecule has 0 spiro atoms. The van der Waals surface area contributed by atoms with E-state index in [2.05, 4.69) is 49.4 Å². The number of hydrogen-bond donors (Lipinski definition) is 1. The molecule has 6 nitrogen and oxygen atoms in total. The molecule has 1 N–H and O–H groups in total. The molecule has 0 unspecified atom stereocenters. The molecule has 1 aromatic heterocycles. The van der Waals surface area contributed by atoms with E-state index < -0.39 is 0 Å². The highest BCUT2D eigenvalue weighted by molar-refractivity contribution is 5.53. The first kappa shape index (κ1) is 18.1. The number of methoxy groups -OCH3 is 1. The summed E-state index contributed by atoms with van der Waals surface area (Å²) in [5, 5.41) is 3.39. The van der Waals surface area contributed by atoms with Crippen molar-refractivity contribution >= 4 is 17.3 Å². The molecule has 0 atom stereocenters. The van der Waals surface area contributed by atoms with Crippen LogP contribution in [0.15, 0.2) is 67.0 Å². The lowest BCUT2D eigenvalue weighted by Crippen LogP contribution is -2.46. The lowest BCUT2D eigenvalue weighted by atomic mass is 10.2. The predicted molar refractivity (Wildman–Crippen MR) is 113 cm³/mol. The number of aromatic nitrogens is 2. The van der Waals surface area contributed by atoms with Crippen molar-refractivity contribution in [2.75, 3.05) is 48.4 Å². The fourth-order valence-corrected chi connectivity index (χ4v) is 3.39. The van der Waals surface area contributed by atoms with E-state index in [1.165, 1.54) is 11.3 Å². The van der Waals surface area contributed by atoms with Crippen LogP contribution in [-0.4, -0.2) is 43.3 Å². The third-order valence-corrected chi connectivity index (χ3v) is 5.01. The van der Waals surface area contributed by atoms with Crippen LogP contribution in [0.4, 0.5) is 17.3 Å². The predicted octanol–water partition coefficient (Wildman–Crippen LogP) is 3.42. The van der Waals surface area contributed by atoms with E-state index in [1.807, 2.05) is 36.4 Å². The molecule has 2 aromatic carbocycles. The fourth-order valence-electron chi connectivity index (χ4n) is 3.39. The largest absolute Gasteiger partial charge is 0.497 e. The molecule has 0 bridgehead atoms. The highest BCUT2D eigenvalue weighted by Crippen LogP contribution is 2.22. The molecule has 3 aromatic rings. The summed E-state index contributed by atoms with van der Waals surface area (Å²) in [6, 6.07) is 20.6. The number of piperazine rings is 1. The quantitative estimate of drug-likeness (QED) is 0.712. The molecule has 1 fully saturated rings. The first-order chi connectivity index (χ1) is 13.8. The van der Waals surface area contributed by atoms with E-state index in [4.69, 9.17) is 4.74 Å². The van der Waals surface area contributed by atoms with Crippen molar-refractivity contribution in [3.63, 3.8) is 0 Å². The van der Waals surface area contributed by atoms with Crippen molar-refractivity contribution in [2.24, 2.45) is 0 Å². The van der Waals surface area contributed by atoms with Gasteiger partial charge in [-0.3, -0.25) is 0 Å². The highest BCUT2D eigenvalue weighted by Gasteiger charge is 2.18. The van der Waals surface area contributed by atoms with Crippen molar-refractivity contribution in [1.29, 1.82) is 0 Å². The van der Waals surface area contributed by atoms with Gasteiger partial charge in [-0.2, -0.15) is 0 Å². The van der Waals surface area contributed by atoms with Crippen LogP contribution in [0, 0.1) is 0 Å². The van der Waals surface area contributed by atoms with Crippen molar-refractivity contribution in [1.82, 2.24) is 9.97 Å². The molecule has 28 heavy (non-hydrogen) atoms. The summed E-state index contributed by atoms with van der Waals surface area (Å²) in [5.41, 5.74) is 2.46. The van der Waals surface area contributed by atoms with Gasteiger partial charge in [0.2, 0.25) is 0 Å². The minimum atomic E-state index is 0.753. The van der Waals surface area contributed by atoms with E-state index in [9.17, 15) is 0 Å². The number of hydrogen-bond acceptors (Lipinski definition) is 6. The summed E-state index contributed by atoms with van der Waals surface area (Å²) >= 11 is 0. The molecular weight excluding hydrogens is 350 g/mol. The van der Waals surface area contributed by atoms with Gasteiger partial charge in [-0.05, 0) is 29.8 Å². The summed E-state index contributed by atoms with van der Waals surface area (Å²) in [4.78, 5) is 13.5. The van der Waals surface area contributed by atoms with Gasteiger partial charge in [-0.1, -0.05) is 30.3 Å². The first-order valence-electron chi connectivity index (χ1n) is 9.55. The van der Waals surface area contributed by atoms with E-state index in [-0.39, 0.29) is 0 Å². The van der Waals surface area contributed by atoms with Crippen LogP contribution in [0.3, 0.4) is 0 Å². The lowest BCUT2D eigenvalue weighted by Gasteiger charge is -2.36. The second kappa shape index (κ2) is 8.61. The van der Waals surface area contributed by atoms with Gasteiger partial charge in [0, 0.05) is 44.5 Å². The monoisotopic (exact) mass is 375 g/mol. The number of benzene rings is 2. The van der Waals surface area contributed by atoms with Crippen LogP contribution >= 0.6 is 0 Å². The van der Waals surface area contributed by atoms with E-state index in [0.29, 0.717) is 0 Å². The molecule has 0 radical (unpaired) electrons. The Kier molecular flexibility index (Phi) is 5.56. The van der Waals surface area contributed by atoms with Gasteiger partial charge in [0.25, 0.3) is 0 Å². The Morgan fingerprint density at radius 1 is 0.893 bits per heavy atom. The lowest BCUT2D eigenvalue weighted by molar-refractivity contribution is 0.415. The van der Waals surface area contributed by atoms with E-state index in [1.54, 1.807) is 13.4 Å². The number of anilines is 3. The van der Waals surface area contributed by atoms with E-state index >= 15 is 0 Å². The van der Waals surface area contributed by atoms with Crippen LogP contribution in [0.5, 0.6) is 5.75 Å². The minimum absolute atomic E-state index is 0.753. The Hall–Kier alpha value is -3.28. The van der Waals surface area contributed by atoms with Crippen molar-refractivity contribution in [3.05, 3.63) is 72.6 Å². The van der Waals surface area contributed by atoms with Gasteiger partial charge in [-0.15, -0.1) is 0 Å². The van der Waals surface area contributed by atoms with Crippen LogP contribution in [0.25, 0.3) is 0 Å². The SMILES string of the molecule is COc1ccc(N2CCN(c3cc(NCc4ccccc4)ncn3)CC2)cc1. The molecule has 1 saturated heterocycles. The maximum absolute atomic E-state index is 5.24. The van der Waals surface area contributed by atoms with Crippen molar-refractivity contribution in [3.8, 4) is 5.75 Å². The van der Waals surface area contributed by atoms with Crippen LogP contribution in [0.1, 0.15) is 5.56 Å². The second-order valence-electron chi connectivity index (χ2n) is 6.77. The highest BCUT2D eigenvalue weighted by atomic mass is 16.5. The molecule has 0 amide bonds. The molecule has 0 aliphatic carbocycles. The smallest absolute Gasteiger partial charge is 0.134 e. The van der Waals surface area contributed by atoms with Gasteiger partial charge in [0.1, 0.15) is 23.7 Å². The second-order valence-corrected chi connectivity index (χ2v) is 6.77. The number of ether oxygens (including phenoxy) is 1. The van der Waals surface area contributed by atoms with Gasteiger partial charge >= 0.3 is 0 Å². The van der Waals surface area contributed by atoms with Crippen molar-refractivity contribution < 1.29 is 4.74 Å². The molecule has 144 valence electrons. The molecule has 1 aliphatic heterocycles. The zero-order valence-electron chi connectivity index (χ0n) is 16.1. The normalized spacial score (nSPS) is 14.0. The third kappa shape index (κ3) is 4.34. The Labute approximate surface area is 165 Å². The summed E-state index contributed by atoms with van der Waals surface area (Å²) in [7, 11) is 1.69. The first-order valence-corrected chi connectivity index (χ1v) is 9.55.